The molecule has 2 N–H and O–H groups in total. The Labute approximate surface area is 147 Å². The van der Waals surface area contributed by atoms with Crippen molar-refractivity contribution in [1.82, 2.24) is 0 Å². The maximum absolute atomic E-state index is 12.7. The summed E-state index contributed by atoms with van der Waals surface area (Å²) in [5.74, 6) is 0.346. The summed E-state index contributed by atoms with van der Waals surface area (Å²) >= 11 is 0. The summed E-state index contributed by atoms with van der Waals surface area (Å²) in [4.78, 5) is 25.5. The third-order valence-electron chi connectivity index (χ3n) is 3.74. The number of carbonyl (C=O) groups is 2. The number of ether oxygens (including phenoxy) is 1. The van der Waals surface area contributed by atoms with Crippen molar-refractivity contribution in [1.29, 1.82) is 0 Å². The van der Waals surface area contributed by atoms with E-state index in [1.807, 2.05) is 30.3 Å². The van der Waals surface area contributed by atoms with E-state index in [0.717, 1.165) is 5.69 Å². The third kappa shape index (κ3) is 4.73. The Kier molecular flexibility index (Phi) is 6.00. The molecular weight excluding hydrogens is 318 g/mol. The molecule has 2 rings (SSSR count). The second-order valence-corrected chi connectivity index (χ2v) is 5.70. The molecule has 6 heteroatoms. The summed E-state index contributed by atoms with van der Waals surface area (Å²) in [6.45, 7) is 3.23. The molecule has 0 aliphatic carbocycles. The molecular formula is C19H23N3O3. The van der Waals surface area contributed by atoms with E-state index in [1.54, 1.807) is 44.2 Å². The van der Waals surface area contributed by atoms with E-state index in [9.17, 15) is 9.59 Å². The summed E-state index contributed by atoms with van der Waals surface area (Å²) in [5, 5.41) is 5.88. The molecule has 0 aliphatic heterocycles. The Balaban J connectivity index is 2.17. The van der Waals surface area contributed by atoms with Gasteiger partial charge in [-0.2, -0.15) is 0 Å². The van der Waals surface area contributed by atoms with Gasteiger partial charge in [0.05, 0.1) is 12.8 Å². The van der Waals surface area contributed by atoms with E-state index in [1.165, 1.54) is 6.92 Å². The van der Waals surface area contributed by atoms with Gasteiger partial charge < -0.3 is 20.3 Å². The van der Waals surface area contributed by atoms with Crippen molar-refractivity contribution in [3.8, 4) is 5.75 Å². The Bertz CT molecular complexity index is 747. The van der Waals surface area contributed by atoms with Crippen molar-refractivity contribution >= 4 is 28.9 Å². The van der Waals surface area contributed by atoms with Crippen LogP contribution in [-0.2, 0) is 9.59 Å². The first-order valence-corrected chi connectivity index (χ1v) is 7.97. The van der Waals surface area contributed by atoms with Crippen molar-refractivity contribution in [2.45, 2.75) is 19.9 Å². The molecule has 0 radical (unpaired) electrons. The summed E-state index contributed by atoms with van der Waals surface area (Å²) in [6, 6.07) is 14.2. The van der Waals surface area contributed by atoms with E-state index in [-0.39, 0.29) is 11.8 Å². The van der Waals surface area contributed by atoms with E-state index in [2.05, 4.69) is 10.6 Å². The first-order valence-electron chi connectivity index (χ1n) is 7.97. The fourth-order valence-corrected chi connectivity index (χ4v) is 2.47. The van der Waals surface area contributed by atoms with Crippen molar-refractivity contribution in [2.24, 2.45) is 0 Å². The SMILES string of the molecule is COc1ccc(NC(C)=O)cc1N[C@@H](C)C(=O)N(C)c1ccccc1. The average molecular weight is 341 g/mol. The minimum absolute atomic E-state index is 0.0850. The Morgan fingerprint density at radius 2 is 1.80 bits per heavy atom. The number of hydrogen-bond donors (Lipinski definition) is 2. The van der Waals surface area contributed by atoms with Crippen LogP contribution in [-0.4, -0.2) is 32.0 Å². The lowest BCUT2D eigenvalue weighted by molar-refractivity contribution is -0.118. The quantitative estimate of drug-likeness (QED) is 0.847. The minimum Gasteiger partial charge on any atom is -0.495 e. The Morgan fingerprint density at radius 3 is 2.40 bits per heavy atom. The van der Waals surface area contributed by atoms with Crippen LogP contribution in [0.4, 0.5) is 17.1 Å². The number of hydrogen-bond acceptors (Lipinski definition) is 4. The zero-order chi connectivity index (χ0) is 18.4. The molecule has 0 aromatic heterocycles. The summed E-state index contributed by atoms with van der Waals surface area (Å²) in [5.41, 5.74) is 2.09. The maximum atomic E-state index is 12.7. The lowest BCUT2D eigenvalue weighted by atomic mass is 10.2. The predicted octanol–water partition coefficient (Wildman–Crippen LogP) is 3.12. The fraction of sp³-hybridized carbons (Fsp3) is 0.263. The van der Waals surface area contributed by atoms with E-state index in [0.29, 0.717) is 17.1 Å². The largest absolute Gasteiger partial charge is 0.495 e. The van der Waals surface area contributed by atoms with Crippen LogP contribution in [0.2, 0.25) is 0 Å². The zero-order valence-electron chi connectivity index (χ0n) is 14.9. The van der Waals surface area contributed by atoms with E-state index >= 15 is 0 Å². The molecule has 0 unspecified atom stereocenters. The Morgan fingerprint density at radius 1 is 1.12 bits per heavy atom. The summed E-state index contributed by atoms with van der Waals surface area (Å²) in [6.07, 6.45) is 0. The minimum atomic E-state index is -0.480. The van der Waals surface area contributed by atoms with Gasteiger partial charge in [0.2, 0.25) is 11.8 Å². The van der Waals surface area contributed by atoms with Crippen LogP contribution in [0.5, 0.6) is 5.75 Å². The van der Waals surface area contributed by atoms with Gasteiger partial charge in [-0.1, -0.05) is 18.2 Å². The highest BCUT2D eigenvalue weighted by Crippen LogP contribution is 2.28. The van der Waals surface area contributed by atoms with Gasteiger partial charge in [0, 0.05) is 25.3 Å². The molecule has 0 fully saturated rings. The topological polar surface area (TPSA) is 70.7 Å². The van der Waals surface area contributed by atoms with Crippen LogP contribution in [0.3, 0.4) is 0 Å². The van der Waals surface area contributed by atoms with Crippen LogP contribution in [0.1, 0.15) is 13.8 Å². The number of carbonyl (C=O) groups excluding carboxylic acids is 2. The van der Waals surface area contributed by atoms with Gasteiger partial charge in [-0.15, -0.1) is 0 Å². The molecule has 0 saturated heterocycles. The highest BCUT2D eigenvalue weighted by molar-refractivity contribution is 5.98. The van der Waals surface area contributed by atoms with Crippen molar-refractivity contribution in [3.63, 3.8) is 0 Å². The number of nitrogens with one attached hydrogen (secondary N) is 2. The molecule has 0 aliphatic rings. The molecule has 0 saturated carbocycles. The molecule has 25 heavy (non-hydrogen) atoms. The molecule has 6 nitrogen and oxygen atoms in total. The van der Waals surface area contributed by atoms with Crippen LogP contribution in [0, 0.1) is 0 Å². The number of benzene rings is 2. The third-order valence-corrected chi connectivity index (χ3v) is 3.74. The lowest BCUT2D eigenvalue weighted by Crippen LogP contribution is -2.39. The molecule has 0 spiro atoms. The molecule has 2 aromatic carbocycles. The lowest BCUT2D eigenvalue weighted by Gasteiger charge is -2.24. The molecule has 2 aromatic rings. The second-order valence-electron chi connectivity index (χ2n) is 5.70. The molecule has 1 atom stereocenters. The number of nitrogens with zero attached hydrogens (tertiary/aromatic N) is 1. The van der Waals surface area contributed by atoms with Crippen LogP contribution < -0.4 is 20.3 Å². The average Bonchev–Trinajstić information content (AvgIpc) is 2.61. The first kappa shape index (κ1) is 18.3. The maximum Gasteiger partial charge on any atom is 0.248 e. The molecule has 2 amide bonds. The van der Waals surface area contributed by atoms with Gasteiger partial charge in [-0.25, -0.2) is 0 Å². The zero-order valence-corrected chi connectivity index (χ0v) is 14.9. The van der Waals surface area contributed by atoms with Crippen molar-refractivity contribution in [2.75, 3.05) is 29.7 Å². The van der Waals surface area contributed by atoms with E-state index < -0.39 is 6.04 Å². The number of methoxy groups -OCH3 is 1. The van der Waals surface area contributed by atoms with Gasteiger partial charge >= 0.3 is 0 Å². The predicted molar refractivity (Wildman–Crippen MR) is 100 cm³/mol. The highest BCUT2D eigenvalue weighted by Gasteiger charge is 2.20. The molecule has 132 valence electrons. The fourth-order valence-electron chi connectivity index (χ4n) is 2.47. The van der Waals surface area contributed by atoms with Gasteiger partial charge in [0.1, 0.15) is 11.8 Å². The number of anilines is 3. The number of likely N-dealkylation sites (N-methyl/N-ethyl adjacent to an activating group) is 1. The Hall–Kier alpha value is -3.02. The van der Waals surface area contributed by atoms with Crippen LogP contribution in [0.15, 0.2) is 48.5 Å². The normalized spacial score (nSPS) is 11.4. The summed E-state index contributed by atoms with van der Waals surface area (Å²) < 4.78 is 5.33. The summed E-state index contributed by atoms with van der Waals surface area (Å²) in [7, 11) is 3.29. The number of amides is 2. The highest BCUT2D eigenvalue weighted by atomic mass is 16.5. The van der Waals surface area contributed by atoms with Gasteiger partial charge in [0.15, 0.2) is 0 Å². The first-order chi connectivity index (χ1) is 11.9. The van der Waals surface area contributed by atoms with E-state index in [4.69, 9.17) is 4.74 Å². The number of para-hydroxylation sites is 1. The second kappa shape index (κ2) is 8.19. The molecule has 0 bridgehead atoms. The van der Waals surface area contributed by atoms with Crippen LogP contribution >= 0.6 is 0 Å². The van der Waals surface area contributed by atoms with Crippen molar-refractivity contribution < 1.29 is 14.3 Å². The number of rotatable bonds is 6. The van der Waals surface area contributed by atoms with Gasteiger partial charge in [-0.05, 0) is 37.3 Å². The molecule has 0 heterocycles. The van der Waals surface area contributed by atoms with Gasteiger partial charge in [-0.3, -0.25) is 9.59 Å². The van der Waals surface area contributed by atoms with Gasteiger partial charge in [0.25, 0.3) is 0 Å². The monoisotopic (exact) mass is 341 g/mol. The van der Waals surface area contributed by atoms with Crippen molar-refractivity contribution in [3.05, 3.63) is 48.5 Å². The standard InChI is InChI=1S/C19H23N3O3/c1-13(19(24)22(3)16-8-6-5-7-9-16)20-17-12-15(21-14(2)23)10-11-18(17)25-4/h5-13,20H,1-4H3,(H,21,23)/t13-/m0/s1. The smallest absolute Gasteiger partial charge is 0.248 e. The van der Waals surface area contributed by atoms with Crippen LogP contribution in [0.25, 0.3) is 0 Å².